The third-order valence-electron chi connectivity index (χ3n) is 3.63. The molecular weight excluding hydrogens is 345 g/mol. The Morgan fingerprint density at radius 1 is 1.08 bits per heavy atom. The van der Waals surface area contributed by atoms with Crippen LogP contribution in [0.1, 0.15) is 17.2 Å². The van der Waals surface area contributed by atoms with E-state index in [4.69, 9.17) is 0 Å². The summed E-state index contributed by atoms with van der Waals surface area (Å²) >= 11 is 0. The summed E-state index contributed by atoms with van der Waals surface area (Å²) in [7, 11) is 0. The molecule has 1 unspecified atom stereocenters. The fraction of sp³-hybridized carbons (Fsp3) is 0.111. The molecule has 3 aromatic rings. The highest BCUT2D eigenvalue weighted by molar-refractivity contribution is 5.97. The lowest BCUT2D eigenvalue weighted by Gasteiger charge is -2.11. The van der Waals surface area contributed by atoms with Crippen molar-refractivity contribution in [2.24, 2.45) is 0 Å². The van der Waals surface area contributed by atoms with Crippen molar-refractivity contribution >= 4 is 22.6 Å². The first-order chi connectivity index (χ1) is 12.4. The second-order valence-electron chi connectivity index (χ2n) is 5.41. The zero-order valence-electron chi connectivity index (χ0n) is 13.2. The fourth-order valence-electron chi connectivity index (χ4n) is 2.33. The number of nitriles is 1. The second-order valence-corrected chi connectivity index (χ2v) is 5.41. The number of nitrogens with zero attached hydrogens (tertiary/aromatic N) is 3. The third-order valence-corrected chi connectivity index (χ3v) is 3.63. The number of rotatable bonds is 3. The summed E-state index contributed by atoms with van der Waals surface area (Å²) in [5.74, 6) is -1.94. The van der Waals surface area contributed by atoms with Crippen molar-refractivity contribution in [1.82, 2.24) is 9.97 Å². The maximum atomic E-state index is 12.6. The van der Waals surface area contributed by atoms with Crippen molar-refractivity contribution in [1.29, 1.82) is 5.26 Å². The molecule has 26 heavy (non-hydrogen) atoms. The highest BCUT2D eigenvalue weighted by Gasteiger charge is 2.30. The van der Waals surface area contributed by atoms with Gasteiger partial charge in [0.1, 0.15) is 0 Å². The van der Waals surface area contributed by atoms with E-state index < -0.39 is 23.6 Å². The lowest BCUT2D eigenvalue weighted by molar-refractivity contribution is -0.137. The van der Waals surface area contributed by atoms with Gasteiger partial charge in [0.05, 0.1) is 34.6 Å². The number of alkyl halides is 3. The molecule has 0 saturated heterocycles. The zero-order valence-corrected chi connectivity index (χ0v) is 13.2. The fourth-order valence-corrected chi connectivity index (χ4v) is 2.33. The molecule has 1 amide bonds. The van der Waals surface area contributed by atoms with E-state index in [1.807, 2.05) is 6.07 Å². The van der Waals surface area contributed by atoms with Gasteiger partial charge in [0, 0.05) is 5.69 Å². The van der Waals surface area contributed by atoms with Crippen molar-refractivity contribution in [3.05, 3.63) is 66.0 Å². The average molecular weight is 356 g/mol. The number of anilines is 1. The SMILES string of the molecule is N#CC(C(=O)Nc1ccc(C(F)(F)F)cc1)c1cnc2ccccc2n1. The molecule has 0 aliphatic rings. The van der Waals surface area contributed by atoms with Crippen LogP contribution in [0.15, 0.2) is 54.7 Å². The quantitative estimate of drug-likeness (QED) is 0.772. The molecule has 1 aromatic heterocycles. The van der Waals surface area contributed by atoms with Gasteiger partial charge in [0.25, 0.3) is 0 Å². The number of nitrogens with one attached hydrogen (secondary N) is 1. The van der Waals surface area contributed by atoms with E-state index in [1.54, 1.807) is 24.3 Å². The van der Waals surface area contributed by atoms with Crippen molar-refractivity contribution in [3.63, 3.8) is 0 Å². The molecule has 8 heteroatoms. The Kier molecular flexibility index (Phi) is 4.54. The van der Waals surface area contributed by atoms with E-state index in [0.29, 0.717) is 11.0 Å². The highest BCUT2D eigenvalue weighted by Crippen LogP contribution is 2.30. The van der Waals surface area contributed by atoms with Gasteiger partial charge in [-0.1, -0.05) is 12.1 Å². The number of carbonyl (C=O) groups is 1. The Balaban J connectivity index is 1.81. The summed E-state index contributed by atoms with van der Waals surface area (Å²) in [6.45, 7) is 0. The monoisotopic (exact) mass is 356 g/mol. The Morgan fingerprint density at radius 3 is 2.35 bits per heavy atom. The molecule has 5 nitrogen and oxygen atoms in total. The Morgan fingerprint density at radius 2 is 1.73 bits per heavy atom. The molecular formula is C18H11F3N4O. The van der Waals surface area contributed by atoms with E-state index in [9.17, 15) is 23.2 Å². The maximum absolute atomic E-state index is 12.6. The van der Waals surface area contributed by atoms with Crippen molar-refractivity contribution in [3.8, 4) is 6.07 Å². The van der Waals surface area contributed by atoms with Gasteiger partial charge in [0.2, 0.25) is 5.91 Å². The zero-order chi connectivity index (χ0) is 18.7. The van der Waals surface area contributed by atoms with Crippen LogP contribution in [-0.2, 0) is 11.0 Å². The molecule has 1 atom stereocenters. The number of aromatic nitrogens is 2. The number of fused-ring (bicyclic) bond motifs is 1. The molecule has 0 spiro atoms. The molecule has 1 heterocycles. The van der Waals surface area contributed by atoms with Crippen LogP contribution < -0.4 is 5.32 Å². The molecule has 2 aromatic carbocycles. The van der Waals surface area contributed by atoms with Gasteiger partial charge in [0.15, 0.2) is 5.92 Å². The molecule has 1 N–H and O–H groups in total. The second kappa shape index (κ2) is 6.80. The smallest absolute Gasteiger partial charge is 0.325 e. The van der Waals surface area contributed by atoms with Crippen LogP contribution in [0.25, 0.3) is 11.0 Å². The van der Waals surface area contributed by atoms with Gasteiger partial charge in [-0.15, -0.1) is 0 Å². The van der Waals surface area contributed by atoms with E-state index in [-0.39, 0.29) is 11.4 Å². The van der Waals surface area contributed by atoms with Gasteiger partial charge < -0.3 is 5.32 Å². The number of carbonyl (C=O) groups excluding carboxylic acids is 1. The average Bonchev–Trinajstić information content (AvgIpc) is 2.62. The van der Waals surface area contributed by atoms with Gasteiger partial charge in [-0.05, 0) is 36.4 Å². The van der Waals surface area contributed by atoms with Crippen molar-refractivity contribution in [2.75, 3.05) is 5.32 Å². The van der Waals surface area contributed by atoms with Crippen LogP contribution in [0.2, 0.25) is 0 Å². The van der Waals surface area contributed by atoms with Gasteiger partial charge >= 0.3 is 6.18 Å². The van der Waals surface area contributed by atoms with E-state index >= 15 is 0 Å². The van der Waals surface area contributed by atoms with E-state index in [0.717, 1.165) is 24.3 Å². The van der Waals surface area contributed by atoms with Crippen LogP contribution in [-0.4, -0.2) is 15.9 Å². The van der Waals surface area contributed by atoms with Crippen molar-refractivity contribution in [2.45, 2.75) is 12.1 Å². The molecule has 0 fully saturated rings. The molecule has 0 saturated carbocycles. The Bertz CT molecular complexity index is 994. The van der Waals surface area contributed by atoms with Gasteiger partial charge in [-0.25, -0.2) is 4.98 Å². The number of para-hydroxylation sites is 2. The van der Waals surface area contributed by atoms with Gasteiger partial charge in [-0.3, -0.25) is 9.78 Å². The number of hydrogen-bond acceptors (Lipinski definition) is 4. The predicted octanol–water partition coefficient (Wildman–Crippen LogP) is 3.89. The summed E-state index contributed by atoms with van der Waals surface area (Å²) in [6, 6.07) is 12.8. The first-order valence-electron chi connectivity index (χ1n) is 7.48. The molecule has 0 bridgehead atoms. The largest absolute Gasteiger partial charge is 0.416 e. The summed E-state index contributed by atoms with van der Waals surface area (Å²) in [5, 5.41) is 11.7. The number of benzene rings is 2. The lowest BCUT2D eigenvalue weighted by atomic mass is 10.1. The summed E-state index contributed by atoms with van der Waals surface area (Å²) in [4.78, 5) is 20.8. The first kappa shape index (κ1) is 17.4. The summed E-state index contributed by atoms with van der Waals surface area (Å²) < 4.78 is 37.7. The minimum Gasteiger partial charge on any atom is -0.325 e. The Hall–Kier alpha value is -3.47. The van der Waals surface area contributed by atoms with Crippen LogP contribution >= 0.6 is 0 Å². The summed E-state index contributed by atoms with van der Waals surface area (Å²) in [6.07, 6.45) is -3.12. The summed E-state index contributed by atoms with van der Waals surface area (Å²) in [5.41, 5.74) is 0.643. The maximum Gasteiger partial charge on any atom is 0.416 e. The number of hydrogen-bond donors (Lipinski definition) is 1. The highest BCUT2D eigenvalue weighted by atomic mass is 19.4. The van der Waals surface area contributed by atoms with Crippen LogP contribution in [0.3, 0.4) is 0 Å². The normalized spacial score (nSPS) is 12.4. The topological polar surface area (TPSA) is 78.7 Å². The Labute approximate surface area is 146 Å². The number of amides is 1. The molecule has 0 radical (unpaired) electrons. The van der Waals surface area contributed by atoms with Crippen LogP contribution in [0.5, 0.6) is 0 Å². The third kappa shape index (κ3) is 3.62. The number of halogens is 3. The molecule has 130 valence electrons. The molecule has 0 aliphatic heterocycles. The van der Waals surface area contributed by atoms with Gasteiger partial charge in [-0.2, -0.15) is 18.4 Å². The van der Waals surface area contributed by atoms with E-state index in [1.165, 1.54) is 6.20 Å². The molecule has 3 rings (SSSR count). The first-order valence-corrected chi connectivity index (χ1v) is 7.48. The molecule has 0 aliphatic carbocycles. The minimum absolute atomic E-state index is 0.150. The van der Waals surface area contributed by atoms with E-state index in [2.05, 4.69) is 15.3 Å². The standard InChI is InChI=1S/C18H11F3N4O/c19-18(20,21)11-5-7-12(8-6-11)24-17(26)13(9-22)16-10-23-14-3-1-2-4-15(14)25-16/h1-8,10,13H,(H,24,26). The lowest BCUT2D eigenvalue weighted by Crippen LogP contribution is -2.21. The van der Waals surface area contributed by atoms with Crippen LogP contribution in [0.4, 0.5) is 18.9 Å². The minimum atomic E-state index is -4.46. The van der Waals surface area contributed by atoms with Crippen LogP contribution in [0, 0.1) is 11.3 Å². The predicted molar refractivity (Wildman–Crippen MR) is 88.0 cm³/mol. The van der Waals surface area contributed by atoms with Crippen molar-refractivity contribution < 1.29 is 18.0 Å².